The smallest absolute Gasteiger partial charge is 0.121 e. The van der Waals surface area contributed by atoms with Crippen LogP contribution in [0.3, 0.4) is 0 Å². The first-order chi connectivity index (χ1) is 14.5. The van der Waals surface area contributed by atoms with Crippen molar-refractivity contribution in [1.29, 1.82) is 0 Å². The van der Waals surface area contributed by atoms with E-state index < -0.39 is 5.60 Å². The molecule has 1 N–H and O–H groups in total. The number of β-amino-alcohol motifs (C(OH)–C–C–N with tert-alkyl or cyclic N) is 1. The van der Waals surface area contributed by atoms with Crippen LogP contribution in [0.1, 0.15) is 11.1 Å². The van der Waals surface area contributed by atoms with Crippen LogP contribution in [0.15, 0.2) is 67.3 Å². The van der Waals surface area contributed by atoms with E-state index in [1.807, 2.05) is 22.9 Å². The molecular weight excluding hydrogens is 419 g/mol. The first-order valence-corrected chi connectivity index (χ1v) is 10.9. The molecule has 5 nitrogen and oxygen atoms in total. The summed E-state index contributed by atoms with van der Waals surface area (Å²) in [4.78, 5) is 8.87. The van der Waals surface area contributed by atoms with Crippen molar-refractivity contribution in [3.63, 3.8) is 0 Å². The number of benzene rings is 2. The van der Waals surface area contributed by atoms with Gasteiger partial charge in [0.25, 0.3) is 0 Å². The largest absolute Gasteiger partial charge is 0.382 e. The van der Waals surface area contributed by atoms with Gasteiger partial charge in [0, 0.05) is 67.3 Å². The predicted octanol–water partition coefficient (Wildman–Crippen LogP) is 3.90. The Balaban J connectivity index is 1.46. The number of hydrogen-bond acceptors (Lipinski definition) is 4. The molecule has 2 aromatic carbocycles. The van der Waals surface area contributed by atoms with Crippen molar-refractivity contribution in [2.45, 2.75) is 18.7 Å². The Kier molecular flexibility index (Phi) is 6.76. The molecule has 1 aliphatic rings. The summed E-state index contributed by atoms with van der Waals surface area (Å²) in [5, 5.41) is 12.8. The van der Waals surface area contributed by atoms with Crippen LogP contribution >= 0.6 is 23.2 Å². The summed E-state index contributed by atoms with van der Waals surface area (Å²) in [5.41, 5.74) is 0.869. The van der Waals surface area contributed by atoms with E-state index in [4.69, 9.17) is 23.2 Å². The highest BCUT2D eigenvalue weighted by Crippen LogP contribution is 2.33. The third-order valence-corrected chi connectivity index (χ3v) is 6.18. The van der Waals surface area contributed by atoms with Gasteiger partial charge in [0.1, 0.15) is 5.60 Å². The lowest BCUT2D eigenvalue weighted by Gasteiger charge is -2.40. The van der Waals surface area contributed by atoms with Gasteiger partial charge in [-0.2, -0.15) is 0 Å². The second kappa shape index (κ2) is 9.50. The second-order valence-electron chi connectivity index (χ2n) is 7.93. The third-order valence-electron chi connectivity index (χ3n) is 5.63. The predicted molar refractivity (Wildman–Crippen MR) is 121 cm³/mol. The Morgan fingerprint density at radius 3 is 2.33 bits per heavy atom. The molecule has 1 unspecified atom stereocenters. The van der Waals surface area contributed by atoms with E-state index in [9.17, 15) is 5.11 Å². The van der Waals surface area contributed by atoms with E-state index in [-0.39, 0.29) is 0 Å². The van der Waals surface area contributed by atoms with Gasteiger partial charge in [-0.1, -0.05) is 59.6 Å². The van der Waals surface area contributed by atoms with E-state index >= 15 is 0 Å². The van der Waals surface area contributed by atoms with Gasteiger partial charge in [0.05, 0.1) is 12.9 Å². The van der Waals surface area contributed by atoms with Crippen LogP contribution in [0, 0.1) is 0 Å². The maximum Gasteiger partial charge on any atom is 0.121 e. The molecule has 2 heterocycles. The summed E-state index contributed by atoms with van der Waals surface area (Å²) < 4.78 is 1.89. The average Bonchev–Trinajstić information content (AvgIpc) is 3.23. The molecule has 7 heteroatoms. The van der Waals surface area contributed by atoms with Gasteiger partial charge in [0.2, 0.25) is 0 Å². The fourth-order valence-corrected chi connectivity index (χ4v) is 4.67. The molecule has 158 valence electrons. The molecule has 1 aromatic heterocycles. The lowest BCUT2D eigenvalue weighted by molar-refractivity contribution is -0.0275. The molecule has 0 saturated carbocycles. The summed E-state index contributed by atoms with van der Waals surface area (Å²) in [6, 6.07) is 15.8. The standard InChI is InChI=1S/C23H26Cl2N4O/c24-20-6-7-21(22(25)14-20)23(30,17-29-9-8-26-18-29)16-28-12-10-27(11-13-28)15-19-4-2-1-3-5-19/h1-9,14,18,30H,10-13,15-17H2. The fourth-order valence-electron chi connectivity index (χ4n) is 4.09. The van der Waals surface area contributed by atoms with Gasteiger partial charge in [-0.15, -0.1) is 0 Å². The molecule has 0 radical (unpaired) electrons. The Morgan fingerprint density at radius 2 is 1.67 bits per heavy atom. The number of nitrogens with zero attached hydrogens (tertiary/aromatic N) is 4. The molecule has 3 aromatic rings. The minimum absolute atomic E-state index is 0.374. The van der Waals surface area contributed by atoms with Crippen LogP contribution in [-0.4, -0.2) is 57.2 Å². The van der Waals surface area contributed by atoms with E-state index in [0.717, 1.165) is 32.7 Å². The molecule has 0 bridgehead atoms. The van der Waals surface area contributed by atoms with Crippen molar-refractivity contribution < 1.29 is 5.11 Å². The number of halogens is 2. The Bertz CT molecular complexity index is 943. The van der Waals surface area contributed by atoms with Gasteiger partial charge < -0.3 is 9.67 Å². The van der Waals surface area contributed by atoms with Gasteiger partial charge in [0.15, 0.2) is 0 Å². The maximum absolute atomic E-state index is 11.7. The van der Waals surface area contributed by atoms with Crippen molar-refractivity contribution in [2.75, 3.05) is 32.7 Å². The summed E-state index contributed by atoms with van der Waals surface area (Å²) >= 11 is 12.6. The van der Waals surface area contributed by atoms with Crippen molar-refractivity contribution in [1.82, 2.24) is 19.4 Å². The number of imidazole rings is 1. The molecule has 1 fully saturated rings. The Labute approximate surface area is 187 Å². The first kappa shape index (κ1) is 21.3. The van der Waals surface area contributed by atoms with Gasteiger partial charge >= 0.3 is 0 Å². The van der Waals surface area contributed by atoms with Crippen LogP contribution in [0.4, 0.5) is 0 Å². The summed E-state index contributed by atoms with van der Waals surface area (Å²) in [5.74, 6) is 0. The van der Waals surface area contributed by atoms with Gasteiger partial charge in [-0.25, -0.2) is 4.98 Å². The fraction of sp³-hybridized carbons (Fsp3) is 0.348. The number of rotatable bonds is 7. The minimum Gasteiger partial charge on any atom is -0.382 e. The van der Waals surface area contributed by atoms with Crippen molar-refractivity contribution in [3.8, 4) is 0 Å². The van der Waals surface area contributed by atoms with E-state index in [2.05, 4.69) is 39.0 Å². The topological polar surface area (TPSA) is 44.5 Å². The van der Waals surface area contributed by atoms with Crippen LogP contribution in [-0.2, 0) is 18.7 Å². The summed E-state index contributed by atoms with van der Waals surface area (Å²) in [6.07, 6.45) is 5.28. The van der Waals surface area contributed by atoms with Crippen molar-refractivity contribution in [2.24, 2.45) is 0 Å². The highest BCUT2D eigenvalue weighted by molar-refractivity contribution is 6.35. The van der Waals surface area contributed by atoms with E-state index in [0.29, 0.717) is 28.7 Å². The van der Waals surface area contributed by atoms with Crippen molar-refractivity contribution in [3.05, 3.63) is 88.4 Å². The maximum atomic E-state index is 11.7. The SMILES string of the molecule is OC(CN1CCN(Cc2ccccc2)CC1)(Cn1ccnc1)c1ccc(Cl)cc1Cl. The first-order valence-electron chi connectivity index (χ1n) is 10.1. The van der Waals surface area contributed by atoms with E-state index in [1.165, 1.54) is 5.56 Å². The quantitative estimate of drug-likeness (QED) is 0.600. The minimum atomic E-state index is -1.15. The average molecular weight is 445 g/mol. The zero-order valence-corrected chi connectivity index (χ0v) is 18.3. The van der Waals surface area contributed by atoms with Crippen molar-refractivity contribution >= 4 is 23.2 Å². The lowest BCUT2D eigenvalue weighted by atomic mass is 9.92. The molecule has 1 aliphatic heterocycles. The highest BCUT2D eigenvalue weighted by atomic mass is 35.5. The molecule has 1 atom stereocenters. The van der Waals surface area contributed by atoms with E-state index in [1.54, 1.807) is 24.7 Å². The lowest BCUT2D eigenvalue weighted by Crippen LogP contribution is -2.51. The number of aliphatic hydroxyl groups is 1. The van der Waals surface area contributed by atoms with Gasteiger partial charge in [-0.3, -0.25) is 9.80 Å². The molecule has 4 rings (SSSR count). The zero-order valence-electron chi connectivity index (χ0n) is 16.8. The second-order valence-corrected chi connectivity index (χ2v) is 8.77. The monoisotopic (exact) mass is 444 g/mol. The molecule has 30 heavy (non-hydrogen) atoms. The van der Waals surface area contributed by atoms with Gasteiger partial charge in [-0.05, 0) is 17.7 Å². The zero-order chi connectivity index (χ0) is 21.0. The Hall–Kier alpha value is -1.89. The molecule has 0 aliphatic carbocycles. The molecule has 0 spiro atoms. The molecule has 0 amide bonds. The summed E-state index contributed by atoms with van der Waals surface area (Å²) in [6.45, 7) is 5.53. The number of aromatic nitrogens is 2. The number of piperazine rings is 1. The van der Waals surface area contributed by atoms with Crippen LogP contribution in [0.2, 0.25) is 10.0 Å². The van der Waals surface area contributed by atoms with Crippen LogP contribution < -0.4 is 0 Å². The van der Waals surface area contributed by atoms with Crippen LogP contribution in [0.25, 0.3) is 0 Å². The third kappa shape index (κ3) is 5.23. The number of hydrogen-bond donors (Lipinski definition) is 1. The normalized spacial score (nSPS) is 17.7. The highest BCUT2D eigenvalue weighted by Gasteiger charge is 2.35. The van der Waals surface area contributed by atoms with Crippen LogP contribution in [0.5, 0.6) is 0 Å². The Morgan fingerprint density at radius 1 is 0.933 bits per heavy atom. The molecule has 1 saturated heterocycles. The molecular formula is C23H26Cl2N4O. The summed E-state index contributed by atoms with van der Waals surface area (Å²) in [7, 11) is 0.